The normalized spacial score (nSPS) is 18.2. The first kappa shape index (κ1) is 18.4. The third-order valence-electron chi connectivity index (χ3n) is 4.45. The fraction of sp³-hybridized carbons (Fsp3) is 0.444. The molecule has 1 aromatic heterocycles. The van der Waals surface area contributed by atoms with Crippen LogP contribution in [0.4, 0.5) is 18.9 Å². The summed E-state index contributed by atoms with van der Waals surface area (Å²) in [5.41, 5.74) is 1.46. The van der Waals surface area contributed by atoms with Crippen molar-refractivity contribution in [2.24, 2.45) is 0 Å². The van der Waals surface area contributed by atoms with Crippen LogP contribution in [0.1, 0.15) is 25.7 Å². The van der Waals surface area contributed by atoms with Gasteiger partial charge in [0.1, 0.15) is 0 Å². The minimum atomic E-state index is -4.15. The second-order valence-electron chi connectivity index (χ2n) is 6.40. The van der Waals surface area contributed by atoms with E-state index in [9.17, 15) is 18.0 Å². The molecule has 8 heteroatoms. The number of rotatable bonds is 6. The van der Waals surface area contributed by atoms with Crippen molar-refractivity contribution in [3.8, 4) is 5.69 Å². The van der Waals surface area contributed by atoms with Gasteiger partial charge in [-0.05, 0) is 56.6 Å². The van der Waals surface area contributed by atoms with Gasteiger partial charge in [0.05, 0.1) is 11.7 Å². The maximum Gasteiger partial charge on any atom is 0.389 e. The van der Waals surface area contributed by atoms with Crippen molar-refractivity contribution in [2.45, 2.75) is 37.9 Å². The predicted octanol–water partition coefficient (Wildman–Crippen LogP) is 3.62. The lowest BCUT2D eigenvalue weighted by molar-refractivity contribution is -0.136. The highest BCUT2D eigenvalue weighted by atomic mass is 19.4. The average Bonchev–Trinajstić information content (AvgIpc) is 3.26. The Morgan fingerprint density at radius 2 is 2.15 bits per heavy atom. The summed E-state index contributed by atoms with van der Waals surface area (Å²) >= 11 is 0. The number of nitrogens with zero attached hydrogens (tertiary/aromatic N) is 3. The summed E-state index contributed by atoms with van der Waals surface area (Å²) in [4.78, 5) is 14.4. The Kier molecular flexibility index (Phi) is 5.61. The van der Waals surface area contributed by atoms with Crippen LogP contribution in [0.3, 0.4) is 0 Å². The minimum absolute atomic E-state index is 0.0159. The molecule has 1 aromatic carbocycles. The summed E-state index contributed by atoms with van der Waals surface area (Å²) in [7, 11) is 0. The van der Waals surface area contributed by atoms with Crippen molar-refractivity contribution in [2.75, 3.05) is 18.4 Å². The Morgan fingerprint density at radius 3 is 2.88 bits per heavy atom. The Bertz CT molecular complexity index is 730. The molecule has 1 aliphatic heterocycles. The predicted molar refractivity (Wildman–Crippen MR) is 92.1 cm³/mol. The zero-order chi connectivity index (χ0) is 18.6. The summed E-state index contributed by atoms with van der Waals surface area (Å²) < 4.78 is 38.7. The Hall–Kier alpha value is -2.35. The Morgan fingerprint density at radius 1 is 1.31 bits per heavy atom. The number of halogens is 3. The van der Waals surface area contributed by atoms with E-state index in [2.05, 4.69) is 10.4 Å². The minimum Gasteiger partial charge on any atom is -0.325 e. The van der Waals surface area contributed by atoms with Crippen molar-refractivity contribution in [1.29, 1.82) is 0 Å². The molecule has 5 nitrogen and oxygen atoms in total. The lowest BCUT2D eigenvalue weighted by atomic mass is 10.2. The SMILES string of the molecule is O=C(Nc1cccc(-n2cccn2)c1)C1CCCN1CCCC(F)(F)F. The van der Waals surface area contributed by atoms with Gasteiger partial charge in [0.15, 0.2) is 0 Å². The van der Waals surface area contributed by atoms with Crippen molar-refractivity contribution in [3.63, 3.8) is 0 Å². The van der Waals surface area contributed by atoms with E-state index in [1.54, 1.807) is 23.1 Å². The Labute approximate surface area is 149 Å². The van der Waals surface area contributed by atoms with Crippen LogP contribution in [-0.2, 0) is 4.79 Å². The zero-order valence-corrected chi connectivity index (χ0v) is 14.2. The third-order valence-corrected chi connectivity index (χ3v) is 4.45. The highest BCUT2D eigenvalue weighted by molar-refractivity contribution is 5.95. The van der Waals surface area contributed by atoms with Crippen molar-refractivity contribution in [1.82, 2.24) is 14.7 Å². The molecule has 0 saturated carbocycles. The number of nitrogens with one attached hydrogen (secondary N) is 1. The molecule has 1 atom stereocenters. The quantitative estimate of drug-likeness (QED) is 0.850. The van der Waals surface area contributed by atoms with Crippen LogP contribution in [0.25, 0.3) is 5.69 Å². The fourth-order valence-corrected chi connectivity index (χ4v) is 3.25. The second-order valence-corrected chi connectivity index (χ2v) is 6.40. The zero-order valence-electron chi connectivity index (χ0n) is 14.2. The summed E-state index contributed by atoms with van der Waals surface area (Å²) in [6.45, 7) is 0.939. The molecular formula is C18H21F3N4O. The van der Waals surface area contributed by atoms with E-state index in [1.165, 1.54) is 0 Å². The molecule has 1 unspecified atom stereocenters. The molecule has 2 heterocycles. The monoisotopic (exact) mass is 366 g/mol. The summed E-state index contributed by atoms with van der Waals surface area (Å²) in [6.07, 6.45) is 0.00721. The van der Waals surface area contributed by atoms with Crippen molar-refractivity contribution >= 4 is 11.6 Å². The maximum absolute atomic E-state index is 12.6. The van der Waals surface area contributed by atoms with E-state index < -0.39 is 12.6 Å². The van der Waals surface area contributed by atoms with Gasteiger partial charge in [0, 0.05) is 24.5 Å². The van der Waals surface area contributed by atoms with Crippen LogP contribution in [0, 0.1) is 0 Å². The molecule has 0 spiro atoms. The number of likely N-dealkylation sites (tertiary alicyclic amines) is 1. The molecule has 140 valence electrons. The molecule has 2 aromatic rings. The first-order valence-corrected chi connectivity index (χ1v) is 8.64. The molecule has 1 aliphatic rings. The van der Waals surface area contributed by atoms with E-state index in [0.29, 0.717) is 18.7 Å². The van der Waals surface area contributed by atoms with Gasteiger partial charge in [0.25, 0.3) is 0 Å². The van der Waals surface area contributed by atoms with Crippen LogP contribution >= 0.6 is 0 Å². The number of anilines is 1. The molecule has 0 bridgehead atoms. The van der Waals surface area contributed by atoms with E-state index in [4.69, 9.17) is 0 Å². The molecule has 0 radical (unpaired) electrons. The van der Waals surface area contributed by atoms with Gasteiger partial charge in [-0.25, -0.2) is 4.68 Å². The van der Waals surface area contributed by atoms with Gasteiger partial charge in [-0.3, -0.25) is 9.69 Å². The van der Waals surface area contributed by atoms with Gasteiger partial charge in [-0.1, -0.05) is 6.07 Å². The van der Waals surface area contributed by atoms with Gasteiger partial charge in [-0.15, -0.1) is 0 Å². The Balaban J connectivity index is 1.59. The van der Waals surface area contributed by atoms with Crippen LogP contribution in [-0.4, -0.2) is 45.9 Å². The van der Waals surface area contributed by atoms with Gasteiger partial charge >= 0.3 is 6.18 Å². The molecule has 26 heavy (non-hydrogen) atoms. The topological polar surface area (TPSA) is 50.2 Å². The smallest absolute Gasteiger partial charge is 0.325 e. The number of benzene rings is 1. The molecule has 1 fully saturated rings. The van der Waals surface area contributed by atoms with Gasteiger partial charge in [-0.2, -0.15) is 18.3 Å². The van der Waals surface area contributed by atoms with E-state index in [-0.39, 0.29) is 24.9 Å². The molecular weight excluding hydrogens is 345 g/mol. The van der Waals surface area contributed by atoms with Gasteiger partial charge < -0.3 is 5.32 Å². The highest BCUT2D eigenvalue weighted by Gasteiger charge is 2.32. The van der Waals surface area contributed by atoms with Crippen LogP contribution in [0.2, 0.25) is 0 Å². The van der Waals surface area contributed by atoms with Crippen molar-refractivity contribution in [3.05, 3.63) is 42.7 Å². The lowest BCUT2D eigenvalue weighted by Crippen LogP contribution is -2.40. The van der Waals surface area contributed by atoms with Crippen LogP contribution < -0.4 is 5.32 Å². The fourth-order valence-electron chi connectivity index (χ4n) is 3.25. The van der Waals surface area contributed by atoms with Crippen LogP contribution in [0.5, 0.6) is 0 Å². The first-order chi connectivity index (χ1) is 12.4. The average molecular weight is 366 g/mol. The lowest BCUT2D eigenvalue weighted by Gasteiger charge is -2.24. The molecule has 1 amide bonds. The van der Waals surface area contributed by atoms with Gasteiger partial charge in [0.2, 0.25) is 5.91 Å². The number of aromatic nitrogens is 2. The number of hydrogen-bond donors (Lipinski definition) is 1. The van der Waals surface area contributed by atoms with E-state index in [1.807, 2.05) is 29.2 Å². The maximum atomic E-state index is 12.6. The standard InChI is InChI=1S/C18H21F3N4O/c19-18(20,21)8-3-11-24-10-2-7-16(24)17(26)23-14-5-1-6-15(13-14)25-12-4-9-22-25/h1,4-6,9,12-13,16H,2-3,7-8,10-11H2,(H,23,26). The summed E-state index contributed by atoms with van der Waals surface area (Å²) in [6, 6.07) is 8.73. The number of amides is 1. The number of carbonyl (C=O) groups is 1. The number of alkyl halides is 3. The highest BCUT2D eigenvalue weighted by Crippen LogP contribution is 2.24. The largest absolute Gasteiger partial charge is 0.389 e. The summed E-state index contributed by atoms with van der Waals surface area (Å²) in [5, 5.41) is 7.03. The molecule has 1 N–H and O–H groups in total. The third kappa shape index (κ3) is 4.85. The number of carbonyl (C=O) groups excluding carboxylic acids is 1. The van der Waals surface area contributed by atoms with Crippen molar-refractivity contribution < 1.29 is 18.0 Å². The number of hydrogen-bond acceptors (Lipinski definition) is 3. The molecule has 0 aliphatic carbocycles. The first-order valence-electron chi connectivity index (χ1n) is 8.64. The second kappa shape index (κ2) is 7.90. The molecule has 1 saturated heterocycles. The van der Waals surface area contributed by atoms with E-state index in [0.717, 1.165) is 12.1 Å². The van der Waals surface area contributed by atoms with Crippen LogP contribution in [0.15, 0.2) is 42.7 Å². The molecule has 3 rings (SSSR count). The summed E-state index contributed by atoms with van der Waals surface area (Å²) in [5.74, 6) is -0.174. The van der Waals surface area contributed by atoms with E-state index >= 15 is 0 Å².